The number of fused-ring (bicyclic) bond motifs is 9. The third-order valence-electron chi connectivity index (χ3n) is 9.34. The molecule has 0 amide bonds. The van der Waals surface area contributed by atoms with Crippen LogP contribution in [0.25, 0.3) is 105 Å². The second kappa shape index (κ2) is 12.5. The maximum atomic E-state index is 10.1. The summed E-state index contributed by atoms with van der Waals surface area (Å²) in [7, 11) is 0. The van der Waals surface area contributed by atoms with Gasteiger partial charge in [0.25, 0.3) is 0 Å². The van der Waals surface area contributed by atoms with Gasteiger partial charge in [-0.25, -0.2) is 0 Å². The average molecular weight is 761 g/mol. The molecule has 0 fully saturated rings. The molecule has 0 unspecified atom stereocenters. The van der Waals surface area contributed by atoms with Gasteiger partial charge in [0.1, 0.15) is 0 Å². The Balaban J connectivity index is 1.38. The smallest absolute Gasteiger partial charge is 0.0782 e. The lowest BCUT2D eigenvalue weighted by atomic mass is 9.99. The third kappa shape index (κ3) is 4.73. The van der Waals surface area contributed by atoms with Gasteiger partial charge in [0.05, 0.1) is 92.5 Å². The molecule has 0 spiro atoms. The van der Waals surface area contributed by atoms with Gasteiger partial charge in [-0.1, -0.05) is 151 Å². The molecule has 0 aliphatic carbocycles. The van der Waals surface area contributed by atoms with E-state index < -0.39 is 316 Å². The highest BCUT2D eigenvalue weighted by molar-refractivity contribution is 6.18. The van der Waals surface area contributed by atoms with Crippen LogP contribution in [0.4, 0.5) is 0 Å². The molecule has 12 aromatic rings. The van der Waals surface area contributed by atoms with Crippen LogP contribution in [0.1, 0.15) is 48.0 Å². The van der Waals surface area contributed by atoms with E-state index in [0.29, 0.717) is 9.13 Å². The fourth-order valence-corrected chi connectivity index (χ4v) is 7.07. The first-order chi connectivity index (χ1) is 42.9. The minimum absolute atomic E-state index is 0.568. The van der Waals surface area contributed by atoms with Crippen LogP contribution in [-0.2, 0) is 0 Å². The second-order valence-electron chi connectivity index (χ2n) is 12.3. The van der Waals surface area contributed by atoms with Gasteiger partial charge in [-0.2, -0.15) is 0 Å². The van der Waals surface area contributed by atoms with Crippen molar-refractivity contribution in [1.29, 1.82) is 0 Å². The van der Waals surface area contributed by atoms with Crippen LogP contribution in [0.2, 0.25) is 0 Å². The summed E-state index contributed by atoms with van der Waals surface area (Å²) in [6.07, 6.45) is 0. The van der Waals surface area contributed by atoms with Gasteiger partial charge in [0, 0.05) is 38.0 Å². The average Bonchev–Trinajstić information content (AvgIpc) is 1.51. The molecule has 3 heteroatoms. The highest BCUT2D eigenvalue weighted by atomic mass is 15.1. The number of benzene rings is 9. The standard InChI is InChI=1S/C54H35N3/c1-2-16-36(17-3-1)37-18-12-19-38(34-37)39-20-13-21-40(35-39)55-46-27-8-6-24-43(46)44-26-14-33-52(54(44)55)57-49-30-11-7-25-45(49)53-50(31-15-32-51(53)57)56-47-28-9-4-22-41(47)42-23-5-10-29-48(42)56/h1-35H/i1D,2D,3D,4D,5D,6D,7D,8D,9D,10D,11D,12D,13D,14D,15D,16D,17D,18D,19D,20D,21D,22D,23D,24D,25D,26D,27D,28D,29D,30D,31D,32D,33D,34D,35D. The van der Waals surface area contributed by atoms with E-state index in [4.69, 9.17) is 23.3 Å². The number of hydrogen-bond acceptors (Lipinski definition) is 0. The molecular weight excluding hydrogens is 691 g/mol. The van der Waals surface area contributed by atoms with Crippen molar-refractivity contribution in [2.24, 2.45) is 0 Å². The number of para-hydroxylation sites is 5. The normalized spacial score (nSPS) is 20.5. The molecule has 3 heterocycles. The van der Waals surface area contributed by atoms with E-state index in [0.717, 1.165) is 4.57 Å². The molecule has 0 saturated heterocycles. The van der Waals surface area contributed by atoms with Crippen molar-refractivity contribution in [2.45, 2.75) is 0 Å². The molecule has 0 bridgehead atoms. The van der Waals surface area contributed by atoms with Gasteiger partial charge in [-0.3, -0.25) is 0 Å². The summed E-state index contributed by atoms with van der Waals surface area (Å²) in [5.74, 6) is 0. The SMILES string of the molecule is [2H]c1c([2H])c([2H])c(-c2c([2H])c([2H])c([2H])c(-c3c([2H])c([2H])c([2H])c(-n4c5c([2H])c([2H])c([2H])c([2H])c5c5c([2H])c([2H])c([2H])c(-n6c7c([2H])c([2H])c([2H])c([2H])c7c7c(-n8c9c([2H])c([2H])c([2H])c([2H])c9c9c([2H])c([2H])c([2H])c([2H])c98)c([2H])c([2H])c([2H])c76)c54)c3[2H])c2[2H])c([2H])c1[2H]. The molecule has 0 aliphatic rings. The molecule has 0 radical (unpaired) electrons. The Bertz CT molecular complexity index is 5480. The minimum Gasteiger partial charge on any atom is -0.309 e. The second-order valence-corrected chi connectivity index (χ2v) is 12.3. The quantitative estimate of drug-likeness (QED) is 0.166. The monoisotopic (exact) mass is 761 g/mol. The fourth-order valence-electron chi connectivity index (χ4n) is 7.07. The number of rotatable bonds is 5. The molecule has 3 aromatic heterocycles. The van der Waals surface area contributed by atoms with Crippen LogP contribution >= 0.6 is 0 Å². The van der Waals surface area contributed by atoms with Crippen LogP contribution in [0.5, 0.6) is 0 Å². The Morgan fingerprint density at radius 1 is 0.281 bits per heavy atom. The summed E-state index contributed by atoms with van der Waals surface area (Å²) >= 11 is 0. The predicted molar refractivity (Wildman–Crippen MR) is 240 cm³/mol. The van der Waals surface area contributed by atoms with Crippen molar-refractivity contribution in [1.82, 2.24) is 13.7 Å². The van der Waals surface area contributed by atoms with Gasteiger partial charge in [0.2, 0.25) is 0 Å². The lowest BCUT2D eigenvalue weighted by molar-refractivity contribution is 1.13. The lowest BCUT2D eigenvalue weighted by Gasteiger charge is -2.16. The molecule has 12 rings (SSSR count). The summed E-state index contributed by atoms with van der Waals surface area (Å²) in [5, 5.41) is -4.19. The molecular formula is C54H35N3. The van der Waals surface area contributed by atoms with E-state index in [1.807, 2.05) is 0 Å². The number of hydrogen-bond donors (Lipinski definition) is 0. The summed E-state index contributed by atoms with van der Waals surface area (Å²) < 4.78 is 323. The summed E-state index contributed by atoms with van der Waals surface area (Å²) in [5.41, 5.74) is -11.6. The minimum atomic E-state index is -1.26. The van der Waals surface area contributed by atoms with Gasteiger partial charge in [0.15, 0.2) is 0 Å². The molecule has 0 aliphatic heterocycles. The molecule has 9 aromatic carbocycles. The lowest BCUT2D eigenvalue weighted by Crippen LogP contribution is -2.01. The van der Waals surface area contributed by atoms with Crippen molar-refractivity contribution in [3.05, 3.63) is 211 Å². The topological polar surface area (TPSA) is 14.8 Å². The van der Waals surface area contributed by atoms with Crippen molar-refractivity contribution < 1.29 is 48.0 Å². The number of aromatic nitrogens is 3. The molecule has 0 N–H and O–H groups in total. The summed E-state index contributed by atoms with van der Waals surface area (Å²) in [6, 6.07) is -36.7. The van der Waals surface area contributed by atoms with Crippen molar-refractivity contribution in [3.8, 4) is 39.3 Å². The van der Waals surface area contributed by atoms with E-state index in [-0.39, 0.29) is 0 Å². The van der Waals surface area contributed by atoms with Crippen LogP contribution in [-0.4, -0.2) is 13.7 Å². The van der Waals surface area contributed by atoms with E-state index in [9.17, 15) is 24.7 Å². The third-order valence-corrected chi connectivity index (χ3v) is 9.34. The van der Waals surface area contributed by atoms with Crippen LogP contribution < -0.4 is 0 Å². The zero-order valence-electron chi connectivity index (χ0n) is 63.3. The Kier molecular flexibility index (Phi) is 2.78. The predicted octanol–water partition coefficient (Wildman–Crippen LogP) is 14.3. The zero-order chi connectivity index (χ0) is 67.9. The highest BCUT2D eigenvalue weighted by Gasteiger charge is 2.23. The van der Waals surface area contributed by atoms with Crippen LogP contribution in [0.3, 0.4) is 0 Å². The van der Waals surface area contributed by atoms with Gasteiger partial charge >= 0.3 is 0 Å². The van der Waals surface area contributed by atoms with Gasteiger partial charge in [-0.05, 0) is 82.7 Å². The first-order valence-corrected chi connectivity index (χ1v) is 16.8. The van der Waals surface area contributed by atoms with E-state index in [2.05, 4.69) is 0 Å². The molecule has 0 atom stereocenters. The van der Waals surface area contributed by atoms with Crippen LogP contribution in [0.15, 0.2) is 211 Å². The Hall–Kier alpha value is -7.62. The van der Waals surface area contributed by atoms with E-state index in [1.54, 1.807) is 0 Å². The first-order valence-electron chi connectivity index (χ1n) is 34.3. The maximum absolute atomic E-state index is 10.1. The largest absolute Gasteiger partial charge is 0.309 e. The Morgan fingerprint density at radius 3 is 1.40 bits per heavy atom. The van der Waals surface area contributed by atoms with Crippen molar-refractivity contribution in [3.63, 3.8) is 0 Å². The summed E-state index contributed by atoms with van der Waals surface area (Å²) in [6.45, 7) is 0. The zero-order valence-corrected chi connectivity index (χ0v) is 28.3. The number of nitrogens with zero attached hydrogens (tertiary/aromatic N) is 3. The van der Waals surface area contributed by atoms with Crippen molar-refractivity contribution in [2.75, 3.05) is 0 Å². The Labute approximate surface area is 378 Å². The van der Waals surface area contributed by atoms with E-state index in [1.165, 1.54) is 0 Å². The van der Waals surface area contributed by atoms with Crippen LogP contribution in [0, 0.1) is 0 Å². The van der Waals surface area contributed by atoms with Crippen molar-refractivity contribution >= 4 is 65.4 Å². The fraction of sp³-hybridized carbons (Fsp3) is 0. The molecule has 266 valence electrons. The maximum Gasteiger partial charge on any atom is 0.0782 e. The van der Waals surface area contributed by atoms with Gasteiger partial charge in [-0.15, -0.1) is 0 Å². The van der Waals surface area contributed by atoms with E-state index >= 15 is 0 Å². The summed E-state index contributed by atoms with van der Waals surface area (Å²) in [4.78, 5) is 0. The molecule has 57 heavy (non-hydrogen) atoms. The highest BCUT2D eigenvalue weighted by Crippen LogP contribution is 2.43. The van der Waals surface area contributed by atoms with Gasteiger partial charge < -0.3 is 13.7 Å². The molecule has 0 saturated carbocycles. The Morgan fingerprint density at radius 2 is 0.702 bits per heavy atom. The molecule has 3 nitrogen and oxygen atoms in total. The first kappa shape index (κ1) is 12.7.